The fraction of sp³-hybridized carbons (Fsp3) is 0.375. The number of hydrogen-bond acceptors (Lipinski definition) is 6. The van der Waals surface area contributed by atoms with E-state index in [1.165, 1.54) is 30.3 Å². The van der Waals surface area contributed by atoms with Crippen LogP contribution in [0.1, 0.15) is 38.1 Å². The van der Waals surface area contributed by atoms with E-state index in [0.29, 0.717) is 27.5 Å². The van der Waals surface area contributed by atoms with Crippen LogP contribution < -0.4 is 5.32 Å². The number of aromatic nitrogens is 3. The van der Waals surface area contributed by atoms with Crippen LogP contribution in [0.5, 0.6) is 0 Å². The summed E-state index contributed by atoms with van der Waals surface area (Å²) >= 11 is 1.69. The molecule has 0 spiro atoms. The lowest BCUT2D eigenvalue weighted by Crippen LogP contribution is -2.33. The molecule has 4 rings (SSSR count). The Balaban J connectivity index is 1.48. The maximum atomic E-state index is 13.6. The quantitative estimate of drug-likeness (QED) is 0.349. The van der Waals surface area contributed by atoms with E-state index in [0.717, 1.165) is 37.4 Å². The maximum Gasteiger partial charge on any atom is 0.288 e. The molecule has 1 unspecified atom stereocenters. The molecule has 3 aromatic rings. The summed E-state index contributed by atoms with van der Waals surface area (Å²) < 4.78 is 40.4. The van der Waals surface area contributed by atoms with Gasteiger partial charge in [-0.05, 0) is 81.4 Å². The van der Waals surface area contributed by atoms with Gasteiger partial charge in [-0.2, -0.15) is 8.78 Å². The SMILES string of the molecule is CC(c1nnc(SCC(=O)Nc2ccc(SC(F)F)cc2)n1-c1ccc(F)cc1)N1CCCCC1. The van der Waals surface area contributed by atoms with E-state index in [-0.39, 0.29) is 23.5 Å². The first-order valence-electron chi connectivity index (χ1n) is 11.3. The monoisotopic (exact) mass is 521 g/mol. The number of hydrogen-bond donors (Lipinski definition) is 1. The number of thioether (sulfide) groups is 2. The van der Waals surface area contributed by atoms with Gasteiger partial charge in [0.05, 0.1) is 11.8 Å². The van der Waals surface area contributed by atoms with Gasteiger partial charge in [0.25, 0.3) is 5.76 Å². The standard InChI is InChI=1S/C24H26F3N5OS2/c1-16(31-13-3-2-4-14-31)22-29-30-24(32(22)19-9-5-17(25)6-10-19)34-15-21(33)28-18-7-11-20(12-8-18)35-23(26)27/h5-12,16,23H,2-4,13-15H2,1H3,(H,28,33). The average molecular weight is 522 g/mol. The molecular formula is C24H26F3N5OS2. The molecule has 11 heteroatoms. The summed E-state index contributed by atoms with van der Waals surface area (Å²) in [5, 5.41) is 12.1. The van der Waals surface area contributed by atoms with Crippen molar-refractivity contribution in [2.45, 2.75) is 48.0 Å². The Hall–Kier alpha value is -2.50. The molecule has 186 valence electrons. The molecule has 1 aromatic heterocycles. The zero-order valence-electron chi connectivity index (χ0n) is 19.2. The molecule has 1 saturated heterocycles. The van der Waals surface area contributed by atoms with Crippen molar-refractivity contribution in [2.75, 3.05) is 24.2 Å². The van der Waals surface area contributed by atoms with Crippen molar-refractivity contribution < 1.29 is 18.0 Å². The van der Waals surface area contributed by atoms with Crippen molar-refractivity contribution in [3.63, 3.8) is 0 Å². The van der Waals surface area contributed by atoms with Crippen LogP contribution in [0.4, 0.5) is 18.9 Å². The molecule has 2 heterocycles. The number of alkyl halides is 2. The lowest BCUT2D eigenvalue weighted by atomic mass is 10.1. The Morgan fingerprint density at radius 2 is 1.71 bits per heavy atom. The van der Waals surface area contributed by atoms with Crippen LogP contribution in [0.3, 0.4) is 0 Å². The van der Waals surface area contributed by atoms with E-state index < -0.39 is 5.76 Å². The van der Waals surface area contributed by atoms with Gasteiger partial charge in [-0.15, -0.1) is 10.2 Å². The Morgan fingerprint density at radius 1 is 1.03 bits per heavy atom. The highest BCUT2D eigenvalue weighted by Gasteiger charge is 2.26. The molecule has 1 amide bonds. The largest absolute Gasteiger partial charge is 0.325 e. The number of carbonyl (C=O) groups is 1. The third kappa shape index (κ3) is 6.80. The van der Waals surface area contributed by atoms with Crippen molar-refractivity contribution in [1.29, 1.82) is 0 Å². The molecule has 1 fully saturated rings. The number of carbonyl (C=O) groups excluding carboxylic acids is 1. The normalized spacial score (nSPS) is 15.3. The Labute approximate surface area is 210 Å². The number of nitrogens with zero attached hydrogens (tertiary/aromatic N) is 4. The minimum atomic E-state index is -2.49. The third-order valence-corrected chi connectivity index (χ3v) is 7.40. The van der Waals surface area contributed by atoms with Crippen LogP contribution in [0.15, 0.2) is 58.6 Å². The molecule has 6 nitrogen and oxygen atoms in total. The second kappa shape index (κ2) is 12.0. The minimum absolute atomic E-state index is 0.0145. The van der Waals surface area contributed by atoms with Gasteiger partial charge in [0, 0.05) is 16.3 Å². The first kappa shape index (κ1) is 25.6. The number of benzene rings is 2. The van der Waals surface area contributed by atoms with Gasteiger partial charge in [-0.3, -0.25) is 14.3 Å². The zero-order chi connectivity index (χ0) is 24.8. The summed E-state index contributed by atoms with van der Waals surface area (Å²) in [6.45, 7) is 4.06. The zero-order valence-corrected chi connectivity index (χ0v) is 20.8. The molecule has 35 heavy (non-hydrogen) atoms. The summed E-state index contributed by atoms with van der Waals surface area (Å²) in [6, 6.07) is 12.4. The van der Waals surface area contributed by atoms with E-state index in [4.69, 9.17) is 0 Å². The van der Waals surface area contributed by atoms with Gasteiger partial charge in [-0.1, -0.05) is 29.9 Å². The predicted octanol–water partition coefficient (Wildman–Crippen LogP) is 6.00. The number of piperidine rings is 1. The molecule has 1 aliphatic heterocycles. The third-order valence-electron chi connectivity index (χ3n) is 5.75. The average Bonchev–Trinajstić information content (AvgIpc) is 3.28. The first-order valence-corrected chi connectivity index (χ1v) is 13.2. The number of rotatable bonds is 9. The summed E-state index contributed by atoms with van der Waals surface area (Å²) in [6.07, 6.45) is 3.50. The second-order valence-electron chi connectivity index (χ2n) is 8.16. The van der Waals surface area contributed by atoms with E-state index in [1.807, 2.05) is 4.57 Å². The Kier molecular flexibility index (Phi) is 8.74. The summed E-state index contributed by atoms with van der Waals surface area (Å²) in [5.74, 6) is -2.27. The number of nitrogens with one attached hydrogen (secondary N) is 1. The topological polar surface area (TPSA) is 63.1 Å². The van der Waals surface area contributed by atoms with Gasteiger partial charge in [0.15, 0.2) is 11.0 Å². The van der Waals surface area contributed by atoms with E-state index in [1.54, 1.807) is 36.4 Å². The van der Waals surface area contributed by atoms with Gasteiger partial charge < -0.3 is 5.32 Å². The smallest absolute Gasteiger partial charge is 0.288 e. The van der Waals surface area contributed by atoms with Gasteiger partial charge in [0.1, 0.15) is 5.82 Å². The number of likely N-dealkylation sites (tertiary alicyclic amines) is 1. The van der Waals surface area contributed by atoms with Crippen molar-refractivity contribution in [3.8, 4) is 5.69 Å². The van der Waals surface area contributed by atoms with Crippen LogP contribution in [0, 0.1) is 5.82 Å². The van der Waals surface area contributed by atoms with Crippen molar-refractivity contribution in [3.05, 3.63) is 60.2 Å². The highest BCUT2D eigenvalue weighted by molar-refractivity contribution is 8.00. The summed E-state index contributed by atoms with van der Waals surface area (Å²) in [5.41, 5.74) is 1.25. The van der Waals surface area contributed by atoms with Gasteiger partial charge in [-0.25, -0.2) is 4.39 Å². The molecule has 0 bridgehead atoms. The molecule has 2 aromatic carbocycles. The van der Waals surface area contributed by atoms with E-state index in [9.17, 15) is 18.0 Å². The van der Waals surface area contributed by atoms with Crippen LogP contribution in [-0.2, 0) is 4.79 Å². The lowest BCUT2D eigenvalue weighted by molar-refractivity contribution is -0.113. The Morgan fingerprint density at radius 3 is 2.37 bits per heavy atom. The molecule has 1 N–H and O–H groups in total. The summed E-state index contributed by atoms with van der Waals surface area (Å²) in [4.78, 5) is 15.3. The van der Waals surface area contributed by atoms with Crippen molar-refractivity contribution in [1.82, 2.24) is 19.7 Å². The highest BCUT2D eigenvalue weighted by Crippen LogP contribution is 2.30. The fourth-order valence-electron chi connectivity index (χ4n) is 3.99. The van der Waals surface area contributed by atoms with Gasteiger partial charge in [0.2, 0.25) is 5.91 Å². The molecule has 0 radical (unpaired) electrons. The van der Waals surface area contributed by atoms with Crippen LogP contribution in [0.25, 0.3) is 5.69 Å². The number of halogens is 3. The van der Waals surface area contributed by atoms with Gasteiger partial charge >= 0.3 is 0 Å². The Bertz CT molecular complexity index is 1120. The van der Waals surface area contributed by atoms with E-state index in [2.05, 4.69) is 27.3 Å². The molecule has 1 aliphatic rings. The number of anilines is 1. The highest BCUT2D eigenvalue weighted by atomic mass is 32.2. The van der Waals surface area contributed by atoms with Crippen molar-refractivity contribution >= 4 is 35.1 Å². The molecule has 1 atom stereocenters. The van der Waals surface area contributed by atoms with E-state index >= 15 is 0 Å². The van der Waals surface area contributed by atoms with Crippen LogP contribution in [-0.4, -0.2) is 50.2 Å². The van der Waals surface area contributed by atoms with Crippen molar-refractivity contribution in [2.24, 2.45) is 0 Å². The lowest BCUT2D eigenvalue weighted by Gasteiger charge is -2.31. The fourth-order valence-corrected chi connectivity index (χ4v) is 5.25. The number of amides is 1. The molecular weight excluding hydrogens is 495 g/mol. The van der Waals surface area contributed by atoms with Crippen LogP contribution >= 0.6 is 23.5 Å². The van der Waals surface area contributed by atoms with Crippen LogP contribution in [0.2, 0.25) is 0 Å². The minimum Gasteiger partial charge on any atom is -0.325 e. The maximum absolute atomic E-state index is 13.6. The molecule has 0 saturated carbocycles. The predicted molar refractivity (Wildman–Crippen MR) is 133 cm³/mol. The second-order valence-corrected chi connectivity index (χ2v) is 10.2. The molecule has 0 aliphatic carbocycles. The summed E-state index contributed by atoms with van der Waals surface area (Å²) in [7, 11) is 0. The first-order chi connectivity index (χ1) is 16.9.